The highest BCUT2D eigenvalue weighted by atomic mass is 16.4. The van der Waals surface area contributed by atoms with Crippen molar-refractivity contribution in [1.82, 2.24) is 15.5 Å². The van der Waals surface area contributed by atoms with Gasteiger partial charge in [-0.2, -0.15) is 0 Å². The molecule has 4 atom stereocenters. The molecule has 2 aliphatic rings. The van der Waals surface area contributed by atoms with Crippen molar-refractivity contribution < 1.29 is 19.5 Å². The van der Waals surface area contributed by atoms with Crippen molar-refractivity contribution in [3.8, 4) is 0 Å². The van der Waals surface area contributed by atoms with E-state index in [1.807, 2.05) is 31.2 Å². The number of carbonyl (C=O) groups excluding carboxylic acids is 2. The first kappa shape index (κ1) is 16.6. The van der Waals surface area contributed by atoms with Gasteiger partial charge in [0.15, 0.2) is 0 Å². The monoisotopic (exact) mass is 331 g/mol. The second-order valence-corrected chi connectivity index (χ2v) is 6.30. The average molecular weight is 331 g/mol. The van der Waals surface area contributed by atoms with Crippen LogP contribution in [0.25, 0.3) is 0 Å². The number of carbonyl (C=O) groups is 3. The predicted octanol–water partition coefficient (Wildman–Crippen LogP) is -0.0869. The van der Waals surface area contributed by atoms with E-state index < -0.39 is 35.8 Å². The summed E-state index contributed by atoms with van der Waals surface area (Å²) < 4.78 is 0. The Hall–Kier alpha value is -2.25. The van der Waals surface area contributed by atoms with Gasteiger partial charge in [0.05, 0.1) is 11.8 Å². The summed E-state index contributed by atoms with van der Waals surface area (Å²) in [6, 6.07) is 6.03. The number of amides is 2. The molecule has 2 saturated heterocycles. The molecule has 0 saturated carbocycles. The minimum atomic E-state index is -1.10. The van der Waals surface area contributed by atoms with Crippen LogP contribution in [0.1, 0.15) is 17.2 Å². The highest BCUT2D eigenvalue weighted by Gasteiger charge is 2.60. The predicted molar refractivity (Wildman–Crippen MR) is 86.1 cm³/mol. The van der Waals surface area contributed by atoms with Gasteiger partial charge >= 0.3 is 5.97 Å². The Morgan fingerprint density at radius 3 is 2.54 bits per heavy atom. The Kier molecular flexibility index (Phi) is 4.38. The number of nitrogens with one attached hydrogen (secondary N) is 2. The van der Waals surface area contributed by atoms with Crippen molar-refractivity contribution >= 4 is 17.8 Å². The maximum absolute atomic E-state index is 12.8. The maximum atomic E-state index is 12.8. The number of benzene rings is 1. The summed E-state index contributed by atoms with van der Waals surface area (Å²) in [5.74, 6) is -3.30. The summed E-state index contributed by atoms with van der Waals surface area (Å²) in [5, 5.41) is 15.4. The summed E-state index contributed by atoms with van der Waals surface area (Å²) in [6.45, 7) is 2.66. The molecule has 2 heterocycles. The van der Waals surface area contributed by atoms with E-state index in [9.17, 15) is 19.5 Å². The summed E-state index contributed by atoms with van der Waals surface area (Å²) in [7, 11) is 1.74. The Balaban J connectivity index is 1.99. The lowest BCUT2D eigenvalue weighted by atomic mass is 9.85. The van der Waals surface area contributed by atoms with E-state index in [0.29, 0.717) is 6.54 Å². The van der Waals surface area contributed by atoms with Gasteiger partial charge in [-0.25, -0.2) is 0 Å². The van der Waals surface area contributed by atoms with Crippen molar-refractivity contribution in [2.75, 3.05) is 20.1 Å². The minimum absolute atomic E-state index is 0.258. The highest BCUT2D eigenvalue weighted by Crippen LogP contribution is 2.44. The fourth-order valence-electron chi connectivity index (χ4n) is 3.76. The molecule has 0 spiro atoms. The van der Waals surface area contributed by atoms with Crippen molar-refractivity contribution in [2.45, 2.75) is 19.0 Å². The summed E-state index contributed by atoms with van der Waals surface area (Å²) in [6.07, 6.45) is 0. The molecule has 3 N–H and O–H groups in total. The Morgan fingerprint density at radius 2 is 1.92 bits per heavy atom. The van der Waals surface area contributed by atoms with Crippen LogP contribution in [-0.4, -0.2) is 54.0 Å². The quantitative estimate of drug-likeness (QED) is 0.653. The van der Waals surface area contributed by atoms with E-state index in [4.69, 9.17) is 0 Å². The van der Waals surface area contributed by atoms with Crippen LogP contribution in [0.2, 0.25) is 0 Å². The van der Waals surface area contributed by atoms with Gasteiger partial charge < -0.3 is 10.4 Å². The molecule has 7 heteroatoms. The molecule has 4 unspecified atom stereocenters. The second kappa shape index (κ2) is 6.33. The van der Waals surface area contributed by atoms with Crippen molar-refractivity contribution in [2.24, 2.45) is 11.8 Å². The third-order valence-electron chi connectivity index (χ3n) is 4.94. The van der Waals surface area contributed by atoms with Crippen molar-refractivity contribution in [1.29, 1.82) is 0 Å². The van der Waals surface area contributed by atoms with E-state index in [1.54, 1.807) is 7.05 Å². The molecule has 2 amide bonds. The zero-order chi connectivity index (χ0) is 17.4. The Morgan fingerprint density at radius 1 is 1.25 bits per heavy atom. The number of hydrogen-bond acceptors (Lipinski definition) is 5. The van der Waals surface area contributed by atoms with Crippen LogP contribution in [-0.2, 0) is 14.4 Å². The molecule has 0 aliphatic carbocycles. The molecular weight excluding hydrogens is 310 g/mol. The third-order valence-corrected chi connectivity index (χ3v) is 4.94. The van der Waals surface area contributed by atoms with E-state index in [2.05, 4.69) is 10.6 Å². The van der Waals surface area contributed by atoms with E-state index in [0.717, 1.165) is 11.1 Å². The smallest absolute Gasteiger partial charge is 0.321 e. The van der Waals surface area contributed by atoms with Crippen LogP contribution in [0.5, 0.6) is 0 Å². The van der Waals surface area contributed by atoms with Crippen LogP contribution in [0.15, 0.2) is 24.3 Å². The van der Waals surface area contributed by atoms with Gasteiger partial charge in [0, 0.05) is 19.1 Å². The van der Waals surface area contributed by atoms with Crippen molar-refractivity contribution in [3.05, 3.63) is 35.4 Å². The summed E-state index contributed by atoms with van der Waals surface area (Å²) in [5.41, 5.74) is 1.83. The average Bonchev–Trinajstić information content (AvgIpc) is 3.05. The molecular formula is C17H21N3O4. The molecule has 3 rings (SSSR count). The third kappa shape index (κ3) is 2.50. The largest absolute Gasteiger partial charge is 0.480 e. The fourth-order valence-corrected chi connectivity index (χ4v) is 3.76. The number of likely N-dealkylation sites (tertiary alicyclic amines) is 1. The standard InChI is InChI=1S/C17H21N3O4/c1-9-5-3-4-6-10(9)13-11-12(14(19-13)17(23)24)16(22)20(15(11)21)8-7-18-2/h3-6,11-14,18-19H,7-8H2,1-2H3,(H,23,24). The number of imide groups is 1. The zero-order valence-electron chi connectivity index (χ0n) is 13.7. The number of fused-ring (bicyclic) bond motifs is 1. The normalized spacial score (nSPS) is 29.2. The van der Waals surface area contributed by atoms with E-state index in [1.165, 1.54) is 4.90 Å². The lowest BCUT2D eigenvalue weighted by Crippen LogP contribution is -2.44. The first-order valence-corrected chi connectivity index (χ1v) is 8.01. The fraction of sp³-hybridized carbons (Fsp3) is 0.471. The molecule has 0 radical (unpaired) electrons. The van der Waals surface area contributed by atoms with E-state index in [-0.39, 0.29) is 12.5 Å². The van der Waals surface area contributed by atoms with Crippen LogP contribution >= 0.6 is 0 Å². The molecule has 2 aliphatic heterocycles. The second-order valence-electron chi connectivity index (χ2n) is 6.30. The first-order chi connectivity index (χ1) is 11.5. The molecule has 128 valence electrons. The number of aliphatic carboxylic acids is 1. The maximum Gasteiger partial charge on any atom is 0.321 e. The summed E-state index contributed by atoms with van der Waals surface area (Å²) in [4.78, 5) is 38.3. The highest BCUT2D eigenvalue weighted by molar-refractivity contribution is 6.08. The van der Waals surface area contributed by atoms with Gasteiger partial charge in [0.2, 0.25) is 11.8 Å². The number of aryl methyl sites for hydroxylation is 1. The zero-order valence-corrected chi connectivity index (χ0v) is 13.7. The first-order valence-electron chi connectivity index (χ1n) is 8.01. The van der Waals surface area contributed by atoms with E-state index >= 15 is 0 Å². The Bertz CT molecular complexity index is 690. The lowest BCUT2D eigenvalue weighted by molar-refractivity contribution is -0.146. The van der Waals surface area contributed by atoms with Gasteiger partial charge in [0.1, 0.15) is 6.04 Å². The molecule has 2 fully saturated rings. The van der Waals surface area contributed by atoms with Crippen LogP contribution < -0.4 is 10.6 Å². The van der Waals surface area contributed by atoms with Crippen LogP contribution in [0.4, 0.5) is 0 Å². The molecule has 0 bridgehead atoms. The number of rotatable bonds is 5. The van der Waals surface area contributed by atoms with Gasteiger partial charge in [-0.05, 0) is 25.1 Å². The Labute approximate surface area is 140 Å². The molecule has 1 aromatic carbocycles. The topological polar surface area (TPSA) is 98.7 Å². The SMILES string of the molecule is CNCCN1C(=O)C2C(C(=O)O)NC(c3ccccc3C)C2C1=O. The van der Waals surface area contributed by atoms with Crippen LogP contribution in [0.3, 0.4) is 0 Å². The molecule has 24 heavy (non-hydrogen) atoms. The van der Waals surface area contributed by atoms with Crippen molar-refractivity contribution in [3.63, 3.8) is 0 Å². The molecule has 7 nitrogen and oxygen atoms in total. The van der Waals surface area contributed by atoms with Crippen LogP contribution in [0, 0.1) is 18.8 Å². The number of likely N-dealkylation sites (N-methyl/N-ethyl adjacent to an activating group) is 1. The number of nitrogens with zero attached hydrogens (tertiary/aromatic N) is 1. The van der Waals surface area contributed by atoms with Gasteiger partial charge in [-0.1, -0.05) is 24.3 Å². The number of carboxylic acid groups (broad SMARTS) is 1. The summed E-state index contributed by atoms with van der Waals surface area (Å²) >= 11 is 0. The minimum Gasteiger partial charge on any atom is -0.480 e. The molecule has 1 aromatic rings. The van der Waals surface area contributed by atoms with Gasteiger partial charge in [-0.3, -0.25) is 24.6 Å². The van der Waals surface area contributed by atoms with Gasteiger partial charge in [-0.15, -0.1) is 0 Å². The lowest BCUT2D eigenvalue weighted by Gasteiger charge is -2.22. The molecule has 0 aromatic heterocycles. The number of carboxylic acids is 1. The van der Waals surface area contributed by atoms with Gasteiger partial charge in [0.25, 0.3) is 0 Å². The number of hydrogen-bond donors (Lipinski definition) is 3.